The molecule has 0 aromatic heterocycles. The van der Waals surface area contributed by atoms with Gasteiger partial charge in [-0.1, -0.05) is 18.2 Å². The van der Waals surface area contributed by atoms with Gasteiger partial charge in [0.2, 0.25) is 0 Å². The van der Waals surface area contributed by atoms with Gasteiger partial charge in [-0.2, -0.15) is 0 Å². The summed E-state index contributed by atoms with van der Waals surface area (Å²) >= 11 is 3.88. The zero-order chi connectivity index (χ0) is 16.7. The largest absolute Gasteiger partial charge is 0.449 e. The lowest BCUT2D eigenvalue weighted by Gasteiger charge is -2.21. The molecular formula is C17H21NO3S2. The van der Waals surface area contributed by atoms with Crippen LogP contribution in [0, 0.1) is 0 Å². The molecule has 124 valence electrons. The predicted molar refractivity (Wildman–Crippen MR) is 96.8 cm³/mol. The van der Waals surface area contributed by atoms with Crippen molar-refractivity contribution in [3.8, 4) is 0 Å². The fraction of sp³-hybridized carbons (Fsp3) is 0.412. The minimum Gasteiger partial charge on any atom is -0.449 e. The third kappa shape index (κ3) is 5.32. The Morgan fingerprint density at radius 1 is 1.35 bits per heavy atom. The third-order valence-electron chi connectivity index (χ3n) is 3.32. The molecule has 1 aliphatic heterocycles. The number of esters is 1. The van der Waals surface area contributed by atoms with Gasteiger partial charge >= 0.3 is 5.97 Å². The van der Waals surface area contributed by atoms with Crippen molar-refractivity contribution in [2.75, 3.05) is 18.1 Å². The minimum atomic E-state index is -0.827. The first-order valence-corrected chi connectivity index (χ1v) is 9.64. The third-order valence-corrected chi connectivity index (χ3v) is 6.33. The smallest absolute Gasteiger partial charge is 0.338 e. The van der Waals surface area contributed by atoms with Crippen LogP contribution in [-0.2, 0) is 9.53 Å². The number of nitrogens with one attached hydrogen (secondary N) is 1. The van der Waals surface area contributed by atoms with E-state index in [9.17, 15) is 9.59 Å². The number of ether oxygens (including phenoxy) is 1. The maximum atomic E-state index is 12.1. The fourth-order valence-electron chi connectivity index (χ4n) is 2.06. The van der Waals surface area contributed by atoms with Crippen molar-refractivity contribution in [3.63, 3.8) is 0 Å². The van der Waals surface area contributed by atoms with Crippen molar-refractivity contribution in [1.29, 1.82) is 0 Å². The second-order valence-corrected chi connectivity index (χ2v) is 7.85. The van der Waals surface area contributed by atoms with Crippen LogP contribution in [0.4, 0.5) is 0 Å². The molecule has 1 fully saturated rings. The lowest BCUT2D eigenvalue weighted by Crippen LogP contribution is -2.35. The van der Waals surface area contributed by atoms with E-state index in [2.05, 4.69) is 11.9 Å². The Balaban J connectivity index is 1.91. The topological polar surface area (TPSA) is 55.4 Å². The molecular weight excluding hydrogens is 330 g/mol. The number of rotatable bonds is 6. The molecule has 1 heterocycles. The van der Waals surface area contributed by atoms with Crippen LogP contribution in [0.3, 0.4) is 0 Å². The van der Waals surface area contributed by atoms with Crippen LogP contribution < -0.4 is 5.32 Å². The molecule has 1 aromatic carbocycles. The Labute approximate surface area is 145 Å². The van der Waals surface area contributed by atoms with Gasteiger partial charge in [0.25, 0.3) is 5.91 Å². The average Bonchev–Trinajstić information content (AvgIpc) is 2.60. The summed E-state index contributed by atoms with van der Waals surface area (Å²) in [7, 11) is 0. The number of benzene rings is 1. The molecule has 0 saturated carbocycles. The van der Waals surface area contributed by atoms with E-state index in [-0.39, 0.29) is 5.91 Å². The molecule has 1 amide bonds. The summed E-state index contributed by atoms with van der Waals surface area (Å²) in [4.78, 5) is 23.8. The molecule has 0 radical (unpaired) electrons. The monoisotopic (exact) mass is 351 g/mol. The van der Waals surface area contributed by atoms with E-state index in [0.717, 1.165) is 0 Å². The van der Waals surface area contributed by atoms with Gasteiger partial charge in [0, 0.05) is 6.54 Å². The van der Waals surface area contributed by atoms with E-state index >= 15 is 0 Å². The van der Waals surface area contributed by atoms with Gasteiger partial charge < -0.3 is 10.1 Å². The zero-order valence-corrected chi connectivity index (χ0v) is 14.8. The van der Waals surface area contributed by atoms with Crippen molar-refractivity contribution >= 4 is 35.4 Å². The lowest BCUT2D eigenvalue weighted by atomic mass is 10.1. The second kappa shape index (κ2) is 9.03. The number of thioether (sulfide) groups is 2. The van der Waals surface area contributed by atoms with Crippen LogP contribution in [0.2, 0.25) is 0 Å². The van der Waals surface area contributed by atoms with Gasteiger partial charge in [-0.25, -0.2) is 4.79 Å². The van der Waals surface area contributed by atoms with Crippen LogP contribution in [0.15, 0.2) is 36.9 Å². The average molecular weight is 351 g/mol. The number of hydrogen-bond donors (Lipinski definition) is 1. The molecule has 0 unspecified atom stereocenters. The molecule has 2 rings (SSSR count). The zero-order valence-electron chi connectivity index (χ0n) is 13.1. The Morgan fingerprint density at radius 3 is 2.61 bits per heavy atom. The summed E-state index contributed by atoms with van der Waals surface area (Å²) in [5.74, 6) is 1.55. The molecule has 1 N–H and O–H groups in total. The van der Waals surface area contributed by atoms with Gasteiger partial charge in [0.05, 0.1) is 10.1 Å². The Bertz CT molecular complexity index is 553. The van der Waals surface area contributed by atoms with E-state index in [1.54, 1.807) is 25.1 Å². The summed E-state index contributed by atoms with van der Waals surface area (Å²) in [6.07, 6.45) is 2.00. The summed E-state index contributed by atoms with van der Waals surface area (Å²) < 4.78 is 5.63. The van der Waals surface area contributed by atoms with E-state index < -0.39 is 12.1 Å². The van der Waals surface area contributed by atoms with E-state index in [4.69, 9.17) is 4.74 Å². The molecule has 1 aliphatic rings. The first kappa shape index (κ1) is 17.9. The highest BCUT2D eigenvalue weighted by Gasteiger charge is 2.20. The van der Waals surface area contributed by atoms with Gasteiger partial charge in [-0.3, -0.25) is 4.79 Å². The summed E-state index contributed by atoms with van der Waals surface area (Å²) in [5.41, 5.74) is 1.68. The van der Waals surface area contributed by atoms with Crippen molar-refractivity contribution in [2.45, 2.75) is 24.0 Å². The van der Waals surface area contributed by atoms with E-state index in [0.29, 0.717) is 16.7 Å². The normalized spacial score (nSPS) is 16.4. The first-order chi connectivity index (χ1) is 11.1. The summed E-state index contributed by atoms with van der Waals surface area (Å²) in [6.45, 7) is 5.43. The highest BCUT2D eigenvalue weighted by Crippen LogP contribution is 2.43. The molecule has 23 heavy (non-hydrogen) atoms. The quantitative estimate of drug-likeness (QED) is 0.629. The maximum absolute atomic E-state index is 12.1. The standard InChI is InChI=1S/C17H21NO3S2/c1-3-9-18-15(19)12(2)21-16(20)13-5-7-14(8-6-13)17-22-10-4-11-23-17/h3,5-8,12,17H,1,4,9-11H2,2H3,(H,18,19)/t12-/m1/s1. The van der Waals surface area contributed by atoms with Crippen LogP contribution in [-0.4, -0.2) is 36.0 Å². The van der Waals surface area contributed by atoms with Crippen LogP contribution in [0.1, 0.15) is 33.8 Å². The molecule has 1 saturated heterocycles. The van der Waals surface area contributed by atoms with Crippen LogP contribution >= 0.6 is 23.5 Å². The van der Waals surface area contributed by atoms with Crippen molar-refractivity contribution in [3.05, 3.63) is 48.0 Å². The van der Waals surface area contributed by atoms with Gasteiger partial charge in [-0.05, 0) is 42.5 Å². The van der Waals surface area contributed by atoms with Gasteiger partial charge in [-0.15, -0.1) is 30.1 Å². The van der Waals surface area contributed by atoms with Crippen LogP contribution in [0.25, 0.3) is 0 Å². The Morgan fingerprint density at radius 2 is 2.00 bits per heavy atom. The lowest BCUT2D eigenvalue weighted by molar-refractivity contribution is -0.128. The summed E-state index contributed by atoms with van der Waals surface area (Å²) in [6, 6.07) is 7.47. The van der Waals surface area contributed by atoms with Crippen LogP contribution in [0.5, 0.6) is 0 Å². The molecule has 1 atom stereocenters. The van der Waals surface area contributed by atoms with E-state index in [1.165, 1.54) is 23.5 Å². The number of carbonyl (C=O) groups excluding carboxylic acids is 2. The van der Waals surface area contributed by atoms with E-state index in [1.807, 2.05) is 35.7 Å². The molecule has 1 aromatic rings. The minimum absolute atomic E-state index is 0.329. The first-order valence-electron chi connectivity index (χ1n) is 7.54. The van der Waals surface area contributed by atoms with Crippen molar-refractivity contribution in [2.24, 2.45) is 0 Å². The number of hydrogen-bond acceptors (Lipinski definition) is 5. The molecule has 6 heteroatoms. The Hall–Kier alpha value is -1.40. The predicted octanol–water partition coefficient (Wildman–Crippen LogP) is 3.40. The van der Waals surface area contributed by atoms with Crippen molar-refractivity contribution in [1.82, 2.24) is 5.32 Å². The van der Waals surface area contributed by atoms with Gasteiger partial charge in [0.1, 0.15) is 0 Å². The molecule has 0 spiro atoms. The maximum Gasteiger partial charge on any atom is 0.338 e. The molecule has 0 bridgehead atoms. The summed E-state index contributed by atoms with van der Waals surface area (Å²) in [5, 5.41) is 2.60. The second-order valence-electron chi connectivity index (χ2n) is 5.13. The highest BCUT2D eigenvalue weighted by molar-refractivity contribution is 8.16. The SMILES string of the molecule is C=CCNC(=O)[C@@H](C)OC(=O)c1ccc(C2SCCCS2)cc1. The van der Waals surface area contributed by atoms with Crippen molar-refractivity contribution < 1.29 is 14.3 Å². The van der Waals surface area contributed by atoms with Gasteiger partial charge in [0.15, 0.2) is 6.10 Å². The number of carbonyl (C=O) groups is 2. The molecule has 0 aliphatic carbocycles. The highest BCUT2D eigenvalue weighted by atomic mass is 32.2. The fourth-order valence-corrected chi connectivity index (χ4v) is 4.95. The number of amides is 1. The molecule has 4 nitrogen and oxygen atoms in total. The Kier molecular flexibility index (Phi) is 7.05.